The van der Waals surface area contributed by atoms with Gasteiger partial charge in [-0.3, -0.25) is 0 Å². The monoisotopic (exact) mass is 310 g/mol. The quantitative estimate of drug-likeness (QED) is 0.808. The first-order valence-electron chi connectivity index (χ1n) is 3.32. The molecule has 0 aromatic heterocycles. The Morgan fingerprint density at radius 3 is 2.46 bits per heavy atom. The van der Waals surface area contributed by atoms with Crippen molar-refractivity contribution in [1.82, 2.24) is 0 Å². The molecular formula is C8H5Br2FO2. The van der Waals surface area contributed by atoms with E-state index in [9.17, 15) is 9.18 Å². The fourth-order valence-electron chi connectivity index (χ4n) is 0.918. The maximum Gasteiger partial charge on any atom is 0.338 e. The first-order valence-corrected chi connectivity index (χ1v) is 4.91. The van der Waals surface area contributed by atoms with E-state index in [1.807, 2.05) is 0 Å². The highest BCUT2D eigenvalue weighted by Crippen LogP contribution is 2.30. The molecule has 1 N–H and O–H groups in total. The minimum absolute atomic E-state index is 0.0301. The molecule has 1 aromatic carbocycles. The van der Waals surface area contributed by atoms with Crippen molar-refractivity contribution in [1.29, 1.82) is 0 Å². The fraction of sp³-hybridized carbons (Fsp3) is 0.125. The fourth-order valence-corrected chi connectivity index (χ4v) is 2.15. The molecule has 0 spiro atoms. The van der Waals surface area contributed by atoms with Gasteiger partial charge in [0.2, 0.25) is 0 Å². The van der Waals surface area contributed by atoms with E-state index in [0.717, 1.165) is 0 Å². The van der Waals surface area contributed by atoms with Gasteiger partial charge in [0.1, 0.15) is 5.82 Å². The minimum Gasteiger partial charge on any atom is -0.478 e. The average molecular weight is 312 g/mol. The molecule has 0 saturated carbocycles. The van der Waals surface area contributed by atoms with Gasteiger partial charge in [-0.1, -0.05) is 0 Å². The van der Waals surface area contributed by atoms with Crippen molar-refractivity contribution in [3.05, 3.63) is 32.0 Å². The molecule has 0 amide bonds. The highest BCUT2D eigenvalue weighted by atomic mass is 79.9. The predicted octanol–water partition coefficient (Wildman–Crippen LogP) is 3.36. The van der Waals surface area contributed by atoms with E-state index in [-0.39, 0.29) is 10.0 Å². The number of hydrogen-bond acceptors (Lipinski definition) is 1. The zero-order valence-corrected chi connectivity index (χ0v) is 9.74. The van der Waals surface area contributed by atoms with Gasteiger partial charge >= 0.3 is 5.97 Å². The normalized spacial score (nSPS) is 10.2. The molecule has 2 nitrogen and oxygen atoms in total. The van der Waals surface area contributed by atoms with Crippen LogP contribution >= 0.6 is 31.9 Å². The molecule has 0 bridgehead atoms. The van der Waals surface area contributed by atoms with Crippen LogP contribution in [0.3, 0.4) is 0 Å². The lowest BCUT2D eigenvalue weighted by molar-refractivity contribution is 0.0694. The lowest BCUT2D eigenvalue weighted by atomic mass is 10.1. The van der Waals surface area contributed by atoms with E-state index in [1.54, 1.807) is 6.92 Å². The summed E-state index contributed by atoms with van der Waals surface area (Å²) in [6.45, 7) is 1.63. The third-order valence-electron chi connectivity index (χ3n) is 1.55. The molecule has 0 radical (unpaired) electrons. The summed E-state index contributed by atoms with van der Waals surface area (Å²) in [7, 11) is 0. The lowest BCUT2D eigenvalue weighted by Gasteiger charge is -2.06. The number of benzene rings is 1. The number of rotatable bonds is 1. The Morgan fingerprint density at radius 1 is 1.46 bits per heavy atom. The number of carbonyl (C=O) groups is 1. The van der Waals surface area contributed by atoms with Gasteiger partial charge in [-0.2, -0.15) is 0 Å². The van der Waals surface area contributed by atoms with Gasteiger partial charge in [-0.25, -0.2) is 9.18 Å². The third kappa shape index (κ3) is 1.91. The van der Waals surface area contributed by atoms with Crippen molar-refractivity contribution in [2.75, 3.05) is 0 Å². The molecule has 1 aromatic rings. The summed E-state index contributed by atoms with van der Waals surface area (Å²) in [5, 5.41) is 8.77. The summed E-state index contributed by atoms with van der Waals surface area (Å²) in [4.78, 5) is 10.7. The zero-order chi connectivity index (χ0) is 10.2. The van der Waals surface area contributed by atoms with Crippen LogP contribution in [0.15, 0.2) is 15.0 Å². The zero-order valence-electron chi connectivity index (χ0n) is 6.57. The van der Waals surface area contributed by atoms with Crippen molar-refractivity contribution in [2.24, 2.45) is 0 Å². The topological polar surface area (TPSA) is 37.3 Å². The second-order valence-electron chi connectivity index (χ2n) is 2.48. The molecule has 1 rings (SSSR count). The van der Waals surface area contributed by atoms with Gasteiger partial charge in [0.15, 0.2) is 0 Å². The molecule has 13 heavy (non-hydrogen) atoms. The Kier molecular flexibility index (Phi) is 3.08. The summed E-state index contributed by atoms with van der Waals surface area (Å²) < 4.78 is 13.4. The predicted molar refractivity (Wildman–Crippen MR) is 53.5 cm³/mol. The number of aromatic carboxylic acids is 1. The summed E-state index contributed by atoms with van der Waals surface area (Å²) >= 11 is 5.97. The minimum atomic E-state index is -1.17. The maximum absolute atomic E-state index is 13.0. The molecule has 0 heterocycles. The number of carboxylic acids is 1. The van der Waals surface area contributed by atoms with Crippen molar-refractivity contribution < 1.29 is 14.3 Å². The number of carboxylic acid groups (broad SMARTS) is 1. The maximum atomic E-state index is 13.0. The van der Waals surface area contributed by atoms with Crippen LogP contribution in [0.2, 0.25) is 0 Å². The Balaban J connectivity index is 3.56. The molecule has 0 atom stereocenters. The van der Waals surface area contributed by atoms with Crippen LogP contribution in [-0.4, -0.2) is 11.1 Å². The first-order chi connectivity index (χ1) is 5.95. The largest absolute Gasteiger partial charge is 0.478 e. The summed E-state index contributed by atoms with van der Waals surface area (Å²) in [5.41, 5.74) is 0.468. The molecule has 5 heteroatoms. The lowest BCUT2D eigenvalue weighted by Crippen LogP contribution is -2.02. The van der Waals surface area contributed by atoms with Crippen LogP contribution in [0.5, 0.6) is 0 Å². The third-order valence-corrected chi connectivity index (χ3v) is 3.35. The highest BCUT2D eigenvalue weighted by molar-refractivity contribution is 9.11. The van der Waals surface area contributed by atoms with Crippen LogP contribution in [0.1, 0.15) is 15.9 Å². The van der Waals surface area contributed by atoms with Crippen LogP contribution in [-0.2, 0) is 0 Å². The summed E-state index contributed by atoms with van der Waals surface area (Å²) in [6.07, 6.45) is 0. The Labute approximate surface area is 91.0 Å². The van der Waals surface area contributed by atoms with E-state index in [1.165, 1.54) is 6.07 Å². The molecular weight excluding hydrogens is 307 g/mol. The summed E-state index contributed by atoms with van der Waals surface area (Å²) in [6, 6.07) is 1.26. The van der Waals surface area contributed by atoms with E-state index in [4.69, 9.17) is 5.11 Å². The molecule has 0 aliphatic carbocycles. The molecule has 0 unspecified atom stereocenters. The number of hydrogen-bond donors (Lipinski definition) is 1. The van der Waals surface area contributed by atoms with Crippen LogP contribution in [0.25, 0.3) is 0 Å². The molecule has 70 valence electrons. The van der Waals surface area contributed by atoms with Crippen LogP contribution in [0.4, 0.5) is 4.39 Å². The van der Waals surface area contributed by atoms with Crippen molar-refractivity contribution in [3.63, 3.8) is 0 Å². The standard InChI is InChI=1S/C8H5Br2FO2/c1-3-2-4(11)7(10)5(6(3)9)8(12)13/h2H,1H3,(H,12,13). The molecule has 0 saturated heterocycles. The van der Waals surface area contributed by atoms with Crippen LogP contribution < -0.4 is 0 Å². The number of halogens is 3. The average Bonchev–Trinajstić information content (AvgIpc) is 2.01. The molecule has 0 fully saturated rings. The Hall–Kier alpha value is -0.420. The first kappa shape index (κ1) is 10.7. The highest BCUT2D eigenvalue weighted by Gasteiger charge is 2.18. The Morgan fingerprint density at radius 2 is 2.00 bits per heavy atom. The number of aryl methyl sites for hydroxylation is 1. The molecule has 0 aliphatic rings. The van der Waals surface area contributed by atoms with E-state index >= 15 is 0 Å². The smallest absolute Gasteiger partial charge is 0.338 e. The SMILES string of the molecule is Cc1cc(F)c(Br)c(C(=O)O)c1Br. The van der Waals surface area contributed by atoms with Crippen molar-refractivity contribution in [2.45, 2.75) is 6.92 Å². The van der Waals surface area contributed by atoms with E-state index in [0.29, 0.717) is 10.0 Å². The van der Waals surface area contributed by atoms with Crippen molar-refractivity contribution in [3.8, 4) is 0 Å². The van der Waals surface area contributed by atoms with Gasteiger partial charge in [0, 0.05) is 4.47 Å². The van der Waals surface area contributed by atoms with Gasteiger partial charge in [-0.15, -0.1) is 0 Å². The second-order valence-corrected chi connectivity index (χ2v) is 4.07. The molecule has 0 aliphatic heterocycles. The Bertz CT molecular complexity index is 351. The second kappa shape index (κ2) is 3.75. The van der Waals surface area contributed by atoms with E-state index in [2.05, 4.69) is 31.9 Å². The summed E-state index contributed by atoms with van der Waals surface area (Å²) in [5.74, 6) is -1.74. The van der Waals surface area contributed by atoms with Gasteiger partial charge in [0.05, 0.1) is 10.0 Å². The van der Waals surface area contributed by atoms with Gasteiger partial charge in [0.25, 0.3) is 0 Å². The van der Waals surface area contributed by atoms with E-state index < -0.39 is 11.8 Å². The van der Waals surface area contributed by atoms with Gasteiger partial charge < -0.3 is 5.11 Å². The van der Waals surface area contributed by atoms with Crippen molar-refractivity contribution >= 4 is 37.8 Å². The van der Waals surface area contributed by atoms with Crippen LogP contribution in [0, 0.1) is 12.7 Å². The van der Waals surface area contributed by atoms with Gasteiger partial charge in [-0.05, 0) is 50.4 Å².